The summed E-state index contributed by atoms with van der Waals surface area (Å²) < 4.78 is 1.49. The molecule has 1 unspecified atom stereocenters. The number of amides is 1. The molecule has 1 aliphatic heterocycles. The quantitative estimate of drug-likeness (QED) is 0.684. The summed E-state index contributed by atoms with van der Waals surface area (Å²) in [5.41, 5.74) is 1.70. The number of carbonyl (C=O) groups is 1. The minimum Gasteiger partial charge on any atom is -0.391 e. The van der Waals surface area contributed by atoms with Crippen LogP contribution in [-0.2, 0) is 17.8 Å². The first-order valence-electron chi connectivity index (χ1n) is 10.6. The summed E-state index contributed by atoms with van der Waals surface area (Å²) in [6.07, 6.45) is 3.63. The number of aliphatic hydroxyl groups is 1. The van der Waals surface area contributed by atoms with E-state index in [0.717, 1.165) is 19.3 Å². The predicted molar refractivity (Wildman–Crippen MR) is 116 cm³/mol. The van der Waals surface area contributed by atoms with E-state index in [1.165, 1.54) is 16.5 Å². The molecule has 1 saturated heterocycles. The first-order chi connectivity index (χ1) is 14.6. The molecule has 0 aliphatic carbocycles. The third kappa shape index (κ3) is 4.60. The summed E-state index contributed by atoms with van der Waals surface area (Å²) in [5.74, 6) is 0.239. The molecule has 1 aliphatic rings. The molecule has 1 fully saturated rings. The number of hydrogen-bond acceptors (Lipinski definition) is 4. The highest BCUT2D eigenvalue weighted by Crippen LogP contribution is 2.22. The van der Waals surface area contributed by atoms with E-state index in [1.54, 1.807) is 6.07 Å². The number of rotatable bonds is 6. The molecular formula is C24H27N3O3. The molecule has 0 bridgehead atoms. The van der Waals surface area contributed by atoms with Gasteiger partial charge in [0.15, 0.2) is 0 Å². The van der Waals surface area contributed by atoms with Crippen molar-refractivity contribution < 1.29 is 9.90 Å². The summed E-state index contributed by atoms with van der Waals surface area (Å²) in [7, 11) is 0. The predicted octanol–water partition coefficient (Wildman–Crippen LogP) is 2.63. The number of fused-ring (bicyclic) bond motifs is 1. The van der Waals surface area contributed by atoms with Crippen molar-refractivity contribution in [2.24, 2.45) is 5.92 Å². The maximum Gasteiger partial charge on any atom is 0.261 e. The van der Waals surface area contributed by atoms with Crippen LogP contribution < -0.4 is 5.56 Å². The number of benzene rings is 2. The highest BCUT2D eigenvalue weighted by molar-refractivity contribution is 5.77. The molecule has 2 heterocycles. The van der Waals surface area contributed by atoms with Crippen molar-refractivity contribution >= 4 is 16.8 Å². The van der Waals surface area contributed by atoms with Crippen molar-refractivity contribution in [1.29, 1.82) is 0 Å². The van der Waals surface area contributed by atoms with Crippen molar-refractivity contribution in [2.75, 3.05) is 13.1 Å². The lowest BCUT2D eigenvalue weighted by atomic mass is 9.91. The smallest absolute Gasteiger partial charge is 0.261 e. The molecular weight excluding hydrogens is 378 g/mol. The van der Waals surface area contributed by atoms with Gasteiger partial charge in [-0.25, -0.2) is 4.98 Å². The van der Waals surface area contributed by atoms with Crippen LogP contribution in [0.3, 0.4) is 0 Å². The second-order valence-corrected chi connectivity index (χ2v) is 7.99. The second-order valence-electron chi connectivity index (χ2n) is 7.99. The molecule has 4 rings (SSSR count). The van der Waals surface area contributed by atoms with Gasteiger partial charge in [0.25, 0.3) is 5.56 Å². The Morgan fingerprint density at radius 3 is 2.53 bits per heavy atom. The summed E-state index contributed by atoms with van der Waals surface area (Å²) in [5, 5.41) is 11.3. The number of nitrogens with zero attached hydrogens (tertiary/aromatic N) is 3. The minimum atomic E-state index is -0.632. The minimum absolute atomic E-state index is 0.0709. The van der Waals surface area contributed by atoms with Gasteiger partial charge in [-0.3, -0.25) is 14.2 Å². The fourth-order valence-corrected chi connectivity index (χ4v) is 4.17. The number of carbonyl (C=O) groups excluding carboxylic acids is 1. The summed E-state index contributed by atoms with van der Waals surface area (Å²) in [4.78, 5) is 31.4. The zero-order valence-electron chi connectivity index (χ0n) is 17.0. The van der Waals surface area contributed by atoms with E-state index in [4.69, 9.17) is 0 Å². The highest BCUT2D eigenvalue weighted by Gasteiger charge is 2.27. The van der Waals surface area contributed by atoms with Gasteiger partial charge in [0, 0.05) is 19.5 Å². The van der Waals surface area contributed by atoms with Gasteiger partial charge in [0.1, 0.15) is 0 Å². The molecule has 3 aromatic rings. The molecule has 1 amide bonds. The van der Waals surface area contributed by atoms with Crippen molar-refractivity contribution in [3.05, 3.63) is 76.8 Å². The number of likely N-dealkylation sites (tertiary alicyclic amines) is 1. The number of para-hydroxylation sites is 1. The number of aliphatic hydroxyl groups excluding tert-OH is 1. The molecule has 156 valence electrons. The van der Waals surface area contributed by atoms with Gasteiger partial charge in [-0.1, -0.05) is 42.5 Å². The van der Waals surface area contributed by atoms with E-state index in [2.05, 4.69) is 4.98 Å². The second kappa shape index (κ2) is 9.22. The number of piperidine rings is 1. The maximum atomic E-state index is 12.6. The zero-order valence-corrected chi connectivity index (χ0v) is 17.0. The molecule has 2 aromatic carbocycles. The topological polar surface area (TPSA) is 75.4 Å². The molecule has 1 atom stereocenters. The largest absolute Gasteiger partial charge is 0.391 e. The first-order valence-corrected chi connectivity index (χ1v) is 10.6. The lowest BCUT2D eigenvalue weighted by Gasteiger charge is -2.34. The lowest BCUT2D eigenvalue weighted by molar-refractivity contribution is -0.133. The van der Waals surface area contributed by atoms with E-state index in [9.17, 15) is 14.7 Å². The van der Waals surface area contributed by atoms with Gasteiger partial charge >= 0.3 is 0 Å². The third-order valence-corrected chi connectivity index (χ3v) is 6.02. The van der Waals surface area contributed by atoms with E-state index >= 15 is 0 Å². The standard InChI is InChI=1S/C24H27N3O3/c28-22(16-27-17-25-21-9-5-4-8-20(21)24(27)30)19-12-14-26(15-13-19)23(29)11-10-18-6-2-1-3-7-18/h1-9,17,19,22,28H,10-16H2. The molecule has 30 heavy (non-hydrogen) atoms. The van der Waals surface area contributed by atoms with Crippen LogP contribution in [0.5, 0.6) is 0 Å². The van der Waals surface area contributed by atoms with Crippen LogP contribution in [-0.4, -0.2) is 44.7 Å². The summed E-state index contributed by atoms with van der Waals surface area (Å²) in [6.45, 7) is 1.53. The average Bonchev–Trinajstić information content (AvgIpc) is 2.80. The molecule has 6 heteroatoms. The monoisotopic (exact) mass is 405 g/mol. The lowest BCUT2D eigenvalue weighted by Crippen LogP contribution is -2.42. The van der Waals surface area contributed by atoms with E-state index in [1.807, 2.05) is 53.4 Å². The van der Waals surface area contributed by atoms with Gasteiger partial charge in [-0.05, 0) is 42.9 Å². The fourth-order valence-electron chi connectivity index (χ4n) is 4.17. The normalized spacial score (nSPS) is 16.0. The van der Waals surface area contributed by atoms with Crippen molar-refractivity contribution in [3.63, 3.8) is 0 Å². The zero-order chi connectivity index (χ0) is 20.9. The Bertz CT molecular complexity index is 1060. The van der Waals surface area contributed by atoms with Crippen LogP contribution in [0.4, 0.5) is 0 Å². The van der Waals surface area contributed by atoms with Crippen LogP contribution in [0.2, 0.25) is 0 Å². The first kappa shape index (κ1) is 20.3. The molecule has 0 saturated carbocycles. The van der Waals surface area contributed by atoms with Crippen LogP contribution in [0.1, 0.15) is 24.8 Å². The maximum absolute atomic E-state index is 12.6. The van der Waals surface area contributed by atoms with Gasteiger partial charge < -0.3 is 10.0 Å². The number of hydrogen-bond donors (Lipinski definition) is 1. The number of aryl methyl sites for hydroxylation is 1. The Kier molecular flexibility index (Phi) is 6.23. The highest BCUT2D eigenvalue weighted by atomic mass is 16.3. The van der Waals surface area contributed by atoms with Gasteiger partial charge in [-0.15, -0.1) is 0 Å². The van der Waals surface area contributed by atoms with Crippen LogP contribution in [0, 0.1) is 5.92 Å². The van der Waals surface area contributed by atoms with E-state index < -0.39 is 6.10 Å². The van der Waals surface area contributed by atoms with Gasteiger partial charge in [0.2, 0.25) is 5.91 Å². The van der Waals surface area contributed by atoms with Crippen molar-refractivity contribution in [1.82, 2.24) is 14.5 Å². The summed E-state index contributed by atoms with van der Waals surface area (Å²) >= 11 is 0. The fraction of sp³-hybridized carbons (Fsp3) is 0.375. The van der Waals surface area contributed by atoms with Crippen LogP contribution >= 0.6 is 0 Å². The van der Waals surface area contributed by atoms with Gasteiger partial charge in [-0.2, -0.15) is 0 Å². The van der Waals surface area contributed by atoms with Crippen LogP contribution in [0.25, 0.3) is 10.9 Å². The third-order valence-electron chi connectivity index (χ3n) is 6.02. The molecule has 1 N–H and O–H groups in total. The molecule has 1 aromatic heterocycles. The Balaban J connectivity index is 1.30. The Morgan fingerprint density at radius 2 is 1.77 bits per heavy atom. The molecule has 6 nitrogen and oxygen atoms in total. The molecule has 0 spiro atoms. The van der Waals surface area contributed by atoms with Crippen LogP contribution in [0.15, 0.2) is 65.7 Å². The summed E-state index contributed by atoms with van der Waals surface area (Å²) in [6, 6.07) is 17.3. The Labute approximate surface area is 175 Å². The van der Waals surface area contributed by atoms with Crippen molar-refractivity contribution in [3.8, 4) is 0 Å². The average molecular weight is 405 g/mol. The van der Waals surface area contributed by atoms with E-state index in [0.29, 0.717) is 30.4 Å². The molecule has 0 radical (unpaired) electrons. The van der Waals surface area contributed by atoms with Gasteiger partial charge in [0.05, 0.1) is 29.9 Å². The Morgan fingerprint density at radius 1 is 1.07 bits per heavy atom. The SMILES string of the molecule is O=C(CCc1ccccc1)N1CCC(C(O)Cn2cnc3ccccc3c2=O)CC1. The Hall–Kier alpha value is -2.99. The number of aromatic nitrogens is 2. The van der Waals surface area contributed by atoms with Crippen molar-refractivity contribution in [2.45, 2.75) is 38.3 Å². The van der Waals surface area contributed by atoms with E-state index in [-0.39, 0.29) is 23.9 Å².